The molecule has 0 bridgehead atoms. The van der Waals surface area contributed by atoms with E-state index >= 15 is 0 Å². The number of pyridine rings is 1. The number of alkyl halides is 3. The zero-order valence-corrected chi connectivity index (χ0v) is 17.6. The van der Waals surface area contributed by atoms with Gasteiger partial charge in [-0.05, 0) is 43.0 Å². The molecule has 0 unspecified atom stereocenters. The van der Waals surface area contributed by atoms with Crippen LogP contribution in [0.1, 0.15) is 52.4 Å². The van der Waals surface area contributed by atoms with Crippen molar-refractivity contribution in [2.24, 2.45) is 0 Å². The number of nitrogens with zero attached hydrogens (tertiary/aromatic N) is 3. The second-order valence-electron chi connectivity index (χ2n) is 7.20. The number of aryl methyl sites for hydroxylation is 2. The van der Waals surface area contributed by atoms with Gasteiger partial charge in [-0.1, -0.05) is 20.3 Å². The summed E-state index contributed by atoms with van der Waals surface area (Å²) in [6.45, 7) is 6.63. The lowest BCUT2D eigenvalue weighted by atomic mass is 10.1. The van der Waals surface area contributed by atoms with Crippen LogP contribution in [-0.2, 0) is 19.0 Å². The van der Waals surface area contributed by atoms with Crippen LogP contribution in [0.4, 0.5) is 19.0 Å². The summed E-state index contributed by atoms with van der Waals surface area (Å²) in [6.07, 6.45) is 0.210. The molecule has 4 nitrogen and oxygen atoms in total. The van der Waals surface area contributed by atoms with Crippen molar-refractivity contribution in [2.75, 3.05) is 31.1 Å². The lowest BCUT2D eigenvalue weighted by Gasteiger charge is -2.23. The van der Waals surface area contributed by atoms with Gasteiger partial charge >= 0.3 is 6.18 Å². The number of hydrogen-bond acceptors (Lipinski definition) is 4. The lowest BCUT2D eigenvalue weighted by molar-refractivity contribution is -0.137. The zero-order chi connectivity index (χ0) is 21.0. The van der Waals surface area contributed by atoms with Crippen LogP contribution in [0.2, 0.25) is 0 Å². The molecule has 0 spiro atoms. The fraction of sp³-hybridized carbons (Fsp3) is 0.524. The van der Waals surface area contributed by atoms with Crippen molar-refractivity contribution in [1.82, 2.24) is 9.88 Å². The van der Waals surface area contributed by atoms with Gasteiger partial charge in [0, 0.05) is 37.3 Å². The molecule has 1 fully saturated rings. The molecule has 1 amide bonds. The Bertz CT molecular complexity index is 833. The molecular formula is C21H26F3N3OS. The molecule has 0 aromatic carbocycles. The maximum atomic E-state index is 13.0. The summed E-state index contributed by atoms with van der Waals surface area (Å²) in [5.74, 6) is 0.566. The molecule has 3 rings (SSSR count). The molecule has 0 aliphatic carbocycles. The molecule has 1 aliphatic rings. The minimum atomic E-state index is -4.39. The van der Waals surface area contributed by atoms with Crippen molar-refractivity contribution in [3.05, 3.63) is 45.3 Å². The first-order chi connectivity index (χ1) is 13.8. The van der Waals surface area contributed by atoms with Crippen molar-refractivity contribution in [3.63, 3.8) is 0 Å². The van der Waals surface area contributed by atoms with Crippen molar-refractivity contribution in [2.45, 2.75) is 45.7 Å². The largest absolute Gasteiger partial charge is 0.417 e. The minimum Gasteiger partial charge on any atom is -0.355 e. The van der Waals surface area contributed by atoms with Crippen LogP contribution in [-0.4, -0.2) is 42.0 Å². The maximum absolute atomic E-state index is 13.0. The highest BCUT2D eigenvalue weighted by atomic mass is 32.1. The SMILES string of the molecule is CCCc1sc(C(=O)N2CCCN(c3ccc(C(F)(F)F)cn3)CC2)cc1CC. The van der Waals surface area contributed by atoms with E-state index in [2.05, 4.69) is 18.8 Å². The lowest BCUT2D eigenvalue weighted by Crippen LogP contribution is -2.35. The molecule has 3 heterocycles. The number of hydrogen-bond donors (Lipinski definition) is 0. The van der Waals surface area contributed by atoms with Crippen LogP contribution in [0.25, 0.3) is 0 Å². The van der Waals surface area contributed by atoms with E-state index in [1.54, 1.807) is 11.3 Å². The zero-order valence-electron chi connectivity index (χ0n) is 16.8. The van der Waals surface area contributed by atoms with Crippen LogP contribution in [0.5, 0.6) is 0 Å². The predicted molar refractivity (Wildman–Crippen MR) is 110 cm³/mol. The third-order valence-corrected chi connectivity index (χ3v) is 6.37. The Morgan fingerprint density at radius 1 is 1.17 bits per heavy atom. The molecule has 0 N–H and O–H groups in total. The highest BCUT2D eigenvalue weighted by molar-refractivity contribution is 7.14. The Morgan fingerprint density at radius 3 is 2.59 bits per heavy atom. The quantitative estimate of drug-likeness (QED) is 0.674. The fourth-order valence-corrected chi connectivity index (χ4v) is 4.88. The van der Waals surface area contributed by atoms with Gasteiger partial charge in [-0.15, -0.1) is 11.3 Å². The highest BCUT2D eigenvalue weighted by Crippen LogP contribution is 2.30. The predicted octanol–water partition coefficient (Wildman–Crippen LogP) is 5.03. The van der Waals surface area contributed by atoms with E-state index < -0.39 is 11.7 Å². The van der Waals surface area contributed by atoms with E-state index in [-0.39, 0.29) is 5.91 Å². The number of amides is 1. The van der Waals surface area contributed by atoms with Gasteiger partial charge in [-0.2, -0.15) is 13.2 Å². The summed E-state index contributed by atoms with van der Waals surface area (Å²) in [5.41, 5.74) is 0.505. The van der Waals surface area contributed by atoms with Crippen molar-refractivity contribution in [3.8, 4) is 0 Å². The van der Waals surface area contributed by atoms with Gasteiger partial charge in [0.25, 0.3) is 5.91 Å². The van der Waals surface area contributed by atoms with Crippen molar-refractivity contribution < 1.29 is 18.0 Å². The van der Waals surface area contributed by atoms with E-state index in [1.165, 1.54) is 16.5 Å². The summed E-state index contributed by atoms with van der Waals surface area (Å²) in [5, 5.41) is 0. The van der Waals surface area contributed by atoms with Crippen LogP contribution >= 0.6 is 11.3 Å². The Hall–Kier alpha value is -2.09. The molecule has 8 heteroatoms. The Labute approximate surface area is 173 Å². The second-order valence-corrected chi connectivity index (χ2v) is 8.34. The van der Waals surface area contributed by atoms with Crippen LogP contribution < -0.4 is 4.90 Å². The average Bonchev–Trinajstić information content (AvgIpc) is 2.94. The fourth-order valence-electron chi connectivity index (χ4n) is 3.56. The first-order valence-corrected chi connectivity index (χ1v) is 10.8. The summed E-state index contributed by atoms with van der Waals surface area (Å²) >= 11 is 1.59. The number of aromatic nitrogens is 1. The topological polar surface area (TPSA) is 36.4 Å². The van der Waals surface area contributed by atoms with E-state index in [0.29, 0.717) is 32.0 Å². The summed E-state index contributed by atoms with van der Waals surface area (Å²) in [7, 11) is 0. The van der Waals surface area contributed by atoms with Gasteiger partial charge in [0.2, 0.25) is 0 Å². The molecule has 158 valence electrons. The number of carbonyl (C=O) groups excluding carboxylic acids is 1. The maximum Gasteiger partial charge on any atom is 0.417 e. The molecule has 0 saturated carbocycles. The normalized spacial score (nSPS) is 15.5. The number of halogens is 3. The Kier molecular flexibility index (Phi) is 6.82. The molecule has 2 aromatic heterocycles. The first-order valence-electron chi connectivity index (χ1n) is 10.0. The minimum absolute atomic E-state index is 0.0503. The number of carbonyl (C=O) groups is 1. The van der Waals surface area contributed by atoms with E-state index in [4.69, 9.17) is 0 Å². The molecule has 0 atom stereocenters. The van der Waals surface area contributed by atoms with Gasteiger partial charge in [-0.3, -0.25) is 4.79 Å². The molecule has 1 saturated heterocycles. The van der Waals surface area contributed by atoms with Crippen molar-refractivity contribution >= 4 is 23.1 Å². The van der Waals surface area contributed by atoms with Gasteiger partial charge in [-0.25, -0.2) is 4.98 Å². The molecule has 0 radical (unpaired) electrons. The summed E-state index contributed by atoms with van der Waals surface area (Å²) < 4.78 is 38.2. The number of rotatable bonds is 5. The average molecular weight is 426 g/mol. The Balaban J connectivity index is 1.67. The van der Waals surface area contributed by atoms with E-state index in [1.807, 2.05) is 15.9 Å². The molecule has 29 heavy (non-hydrogen) atoms. The molecule has 2 aromatic rings. The summed E-state index contributed by atoms with van der Waals surface area (Å²) in [6, 6.07) is 4.49. The third-order valence-electron chi connectivity index (χ3n) is 5.15. The van der Waals surface area contributed by atoms with Gasteiger partial charge in [0.05, 0.1) is 10.4 Å². The smallest absolute Gasteiger partial charge is 0.355 e. The van der Waals surface area contributed by atoms with E-state index in [9.17, 15) is 18.0 Å². The highest BCUT2D eigenvalue weighted by Gasteiger charge is 2.31. The van der Waals surface area contributed by atoms with Gasteiger partial charge in [0.15, 0.2) is 0 Å². The standard InChI is InChI=1S/C21H26F3N3OS/c1-3-6-17-15(4-2)13-18(29-17)20(28)27-10-5-9-26(11-12-27)19-8-7-16(14-25-19)21(22,23)24/h7-8,13-14H,3-6,9-12H2,1-2H3. The van der Waals surface area contributed by atoms with Crippen LogP contribution in [0.15, 0.2) is 24.4 Å². The Morgan fingerprint density at radius 2 is 1.97 bits per heavy atom. The third kappa shape index (κ3) is 5.10. The molecular weight excluding hydrogens is 399 g/mol. The monoisotopic (exact) mass is 425 g/mol. The summed E-state index contributed by atoms with van der Waals surface area (Å²) in [4.78, 5) is 22.9. The number of anilines is 1. The molecule has 1 aliphatic heterocycles. The van der Waals surface area contributed by atoms with Gasteiger partial charge in [0.1, 0.15) is 5.82 Å². The van der Waals surface area contributed by atoms with Crippen molar-refractivity contribution in [1.29, 1.82) is 0 Å². The second kappa shape index (κ2) is 9.15. The van der Waals surface area contributed by atoms with Crippen LogP contribution in [0.3, 0.4) is 0 Å². The number of thiophene rings is 1. The van der Waals surface area contributed by atoms with E-state index in [0.717, 1.165) is 42.8 Å². The van der Waals surface area contributed by atoms with Gasteiger partial charge < -0.3 is 9.80 Å². The van der Waals surface area contributed by atoms with Crippen LogP contribution in [0, 0.1) is 0 Å². The first kappa shape index (κ1) is 21.6.